The van der Waals surface area contributed by atoms with E-state index >= 15 is 0 Å². The largest absolute Gasteiger partial charge is 1.00 e. The summed E-state index contributed by atoms with van der Waals surface area (Å²) in [5, 5.41) is 2.81. The Bertz CT molecular complexity index is 521. The maximum Gasteiger partial charge on any atom is 1.00 e. The molecule has 0 saturated carbocycles. The van der Waals surface area contributed by atoms with E-state index in [9.17, 15) is 19.1 Å². The number of amides is 1. The molecule has 0 saturated heterocycles. The molecule has 0 radical (unpaired) electrons. The zero-order valence-corrected chi connectivity index (χ0v) is 20.5. The third kappa shape index (κ3) is 12.0. The van der Waals surface area contributed by atoms with Crippen molar-refractivity contribution in [3.63, 3.8) is 0 Å². The first kappa shape index (κ1) is 28.0. The Hall–Kier alpha value is 0.800. The van der Waals surface area contributed by atoms with E-state index < -0.39 is 20.5 Å². The minimum absolute atomic E-state index is 0. The molecule has 0 aliphatic heterocycles. The molecule has 0 heterocycles. The number of hydrogen-bond acceptors (Lipinski definition) is 5. The quantitative estimate of drug-likeness (QED) is 0.325. The summed E-state index contributed by atoms with van der Waals surface area (Å²) in [6.45, 7) is 3.63. The van der Waals surface area contributed by atoms with Crippen LogP contribution in [0.15, 0.2) is 30.3 Å². The minimum Gasteiger partial charge on any atom is -0.790 e. The molecule has 0 aliphatic rings. The number of hydrogen-bond donors (Lipinski definition) is 1. The minimum atomic E-state index is -5.08. The van der Waals surface area contributed by atoms with Crippen LogP contribution in [0.25, 0.3) is 0 Å². The van der Waals surface area contributed by atoms with Crippen LogP contribution in [0.4, 0.5) is 0 Å². The van der Waals surface area contributed by atoms with Gasteiger partial charge in [0.15, 0.2) is 0 Å². The fraction of sp³-hybridized carbons (Fsp3) is 0.562. The molecular formula is C16H24NNa2O5P. The number of carbonyl (C=O) groups is 1. The van der Waals surface area contributed by atoms with E-state index in [1.54, 1.807) is 24.3 Å². The Labute approximate surface area is 194 Å². The van der Waals surface area contributed by atoms with Gasteiger partial charge in [-0.15, -0.1) is 0 Å². The van der Waals surface area contributed by atoms with Crippen LogP contribution in [0.2, 0.25) is 0 Å². The first-order valence-electron chi connectivity index (χ1n) is 7.89. The molecule has 0 unspecified atom stereocenters. The van der Waals surface area contributed by atoms with Gasteiger partial charge in [0.2, 0.25) is 5.91 Å². The van der Waals surface area contributed by atoms with Gasteiger partial charge in [0, 0.05) is 5.92 Å². The van der Waals surface area contributed by atoms with E-state index in [-0.39, 0.29) is 70.9 Å². The first-order valence-corrected chi connectivity index (χ1v) is 9.35. The monoisotopic (exact) mass is 387 g/mol. The van der Waals surface area contributed by atoms with Gasteiger partial charge in [0.05, 0.1) is 20.5 Å². The van der Waals surface area contributed by atoms with Gasteiger partial charge in [-0.05, 0) is 18.4 Å². The predicted molar refractivity (Wildman–Crippen MR) is 84.2 cm³/mol. The number of phosphoric ester groups is 1. The molecule has 25 heavy (non-hydrogen) atoms. The summed E-state index contributed by atoms with van der Waals surface area (Å²) in [7, 11) is -5.08. The third-order valence-electron chi connectivity index (χ3n) is 3.56. The molecule has 6 nitrogen and oxygen atoms in total. The van der Waals surface area contributed by atoms with E-state index in [1.165, 1.54) is 0 Å². The Morgan fingerprint density at radius 3 is 2.08 bits per heavy atom. The molecule has 0 bridgehead atoms. The van der Waals surface area contributed by atoms with Crippen LogP contribution >= 0.6 is 7.82 Å². The summed E-state index contributed by atoms with van der Waals surface area (Å²) < 4.78 is 15.1. The van der Waals surface area contributed by atoms with Gasteiger partial charge >= 0.3 is 59.1 Å². The molecule has 1 aromatic rings. The molecule has 1 rings (SSSR count). The average Bonchev–Trinajstić information content (AvgIpc) is 2.51. The summed E-state index contributed by atoms with van der Waals surface area (Å²) in [6.07, 6.45) is 3.31. The number of benzene rings is 1. The number of rotatable bonds is 10. The number of carbonyl (C=O) groups excluding carboxylic acids is 1. The summed E-state index contributed by atoms with van der Waals surface area (Å²) in [5.41, 5.74) is 0.695. The van der Waals surface area contributed by atoms with Gasteiger partial charge in [-0.3, -0.25) is 4.79 Å². The molecule has 0 aliphatic carbocycles. The maximum absolute atomic E-state index is 12.4. The molecule has 1 aromatic carbocycles. The van der Waals surface area contributed by atoms with Gasteiger partial charge in [0.25, 0.3) is 0 Å². The van der Waals surface area contributed by atoms with Crippen LogP contribution in [0.3, 0.4) is 0 Å². The predicted octanol–water partition coefficient (Wildman–Crippen LogP) is -4.09. The molecule has 9 heteroatoms. The van der Waals surface area contributed by atoms with Crippen LogP contribution in [0.5, 0.6) is 0 Å². The van der Waals surface area contributed by atoms with E-state index in [4.69, 9.17) is 0 Å². The Balaban J connectivity index is 0. The second-order valence-electron chi connectivity index (χ2n) is 5.49. The molecule has 1 N–H and O–H groups in total. The first-order chi connectivity index (χ1) is 10.9. The van der Waals surface area contributed by atoms with Crippen molar-refractivity contribution in [2.24, 2.45) is 5.92 Å². The standard InChI is InChI=1S/C16H26NO5P.2Na/c1-3-8-14(9-4-2)16(18)17-15(12-22-23(19,20)21)13-10-6-5-7-11-13;;/h5-7,10-11,14-15H,3-4,8-9,12H2,1-2H3,(H,17,18)(H2,19,20,21);;/q;2*+1/p-2/t15-;;/m0../s1. The third-order valence-corrected chi connectivity index (χ3v) is 4.03. The van der Waals surface area contributed by atoms with Gasteiger partial charge in [0.1, 0.15) is 0 Å². The average molecular weight is 387 g/mol. The fourth-order valence-corrected chi connectivity index (χ4v) is 2.80. The zero-order valence-electron chi connectivity index (χ0n) is 15.6. The Morgan fingerprint density at radius 1 is 1.12 bits per heavy atom. The number of phosphoric acid groups is 1. The molecule has 1 atom stereocenters. The van der Waals surface area contributed by atoms with Gasteiger partial charge in [-0.25, -0.2) is 0 Å². The number of nitrogens with one attached hydrogen (secondary N) is 1. The summed E-state index contributed by atoms with van der Waals surface area (Å²) in [4.78, 5) is 33.9. The van der Waals surface area contributed by atoms with Crippen LogP contribution in [0.1, 0.15) is 51.1 Å². The van der Waals surface area contributed by atoms with E-state index in [0.717, 1.165) is 25.7 Å². The molecular weight excluding hydrogens is 363 g/mol. The van der Waals surface area contributed by atoms with Crippen LogP contribution in [0, 0.1) is 5.92 Å². The van der Waals surface area contributed by atoms with Crippen LogP contribution < -0.4 is 74.2 Å². The molecule has 130 valence electrons. The van der Waals surface area contributed by atoms with Gasteiger partial charge < -0.3 is 24.2 Å². The molecule has 1 amide bonds. The second kappa shape index (κ2) is 14.8. The van der Waals surface area contributed by atoms with Crippen molar-refractivity contribution in [2.75, 3.05) is 6.61 Å². The zero-order chi connectivity index (χ0) is 17.3. The van der Waals surface area contributed by atoms with Crippen molar-refractivity contribution in [1.82, 2.24) is 5.32 Å². The maximum atomic E-state index is 12.4. The van der Waals surface area contributed by atoms with Crippen molar-refractivity contribution in [2.45, 2.75) is 45.6 Å². The van der Waals surface area contributed by atoms with E-state index in [2.05, 4.69) is 9.84 Å². The van der Waals surface area contributed by atoms with Crippen molar-refractivity contribution < 1.29 is 82.8 Å². The normalized spacial score (nSPS) is 12.0. The Morgan fingerprint density at radius 2 is 1.64 bits per heavy atom. The van der Waals surface area contributed by atoms with Crippen LogP contribution in [-0.4, -0.2) is 12.5 Å². The van der Waals surface area contributed by atoms with Gasteiger partial charge in [-0.1, -0.05) is 57.0 Å². The van der Waals surface area contributed by atoms with E-state index in [0.29, 0.717) is 5.56 Å². The summed E-state index contributed by atoms with van der Waals surface area (Å²) in [6, 6.07) is 8.20. The topological polar surface area (TPSA) is 102 Å². The SMILES string of the molecule is CCCC(CCC)C(=O)N[C@@H](COP(=O)([O-])[O-])c1ccccc1.[Na+].[Na+]. The van der Waals surface area contributed by atoms with Crippen molar-refractivity contribution in [1.29, 1.82) is 0 Å². The molecule has 0 fully saturated rings. The Kier molecular flexibility index (Phi) is 16.6. The molecule has 0 aromatic heterocycles. The summed E-state index contributed by atoms with van der Waals surface area (Å²) >= 11 is 0. The van der Waals surface area contributed by atoms with E-state index in [1.807, 2.05) is 19.9 Å². The molecule has 0 spiro atoms. The second-order valence-corrected chi connectivity index (χ2v) is 6.64. The smallest absolute Gasteiger partial charge is 0.790 e. The summed E-state index contributed by atoms with van der Waals surface area (Å²) in [5.74, 6) is -0.264. The van der Waals surface area contributed by atoms with Crippen LogP contribution in [-0.2, 0) is 13.9 Å². The fourth-order valence-electron chi connectivity index (χ4n) is 2.47. The van der Waals surface area contributed by atoms with Crippen molar-refractivity contribution in [3.8, 4) is 0 Å². The van der Waals surface area contributed by atoms with Crippen molar-refractivity contribution in [3.05, 3.63) is 35.9 Å². The van der Waals surface area contributed by atoms with Gasteiger partial charge in [-0.2, -0.15) is 0 Å². The van der Waals surface area contributed by atoms with Crippen molar-refractivity contribution >= 4 is 13.7 Å².